The highest BCUT2D eigenvalue weighted by Crippen LogP contribution is 2.44. The predicted octanol–water partition coefficient (Wildman–Crippen LogP) is 0.199. The molecule has 3 heterocycles. The van der Waals surface area contributed by atoms with Crippen LogP contribution in [0.2, 0.25) is 0 Å². The molecular formula is C16H14N2O4. The van der Waals surface area contributed by atoms with Crippen molar-refractivity contribution in [2.45, 2.75) is 18.6 Å². The number of hydrogen-bond donors (Lipinski definition) is 1. The zero-order valence-electron chi connectivity index (χ0n) is 11.6. The molecule has 0 saturated carbocycles. The molecule has 0 aromatic heterocycles. The van der Waals surface area contributed by atoms with Gasteiger partial charge in [0.2, 0.25) is 5.91 Å². The molecule has 1 aromatic rings. The quantitative estimate of drug-likeness (QED) is 0.639. The molecule has 3 aliphatic heterocycles. The van der Waals surface area contributed by atoms with Crippen molar-refractivity contribution in [2.75, 3.05) is 0 Å². The van der Waals surface area contributed by atoms with E-state index in [-0.39, 0.29) is 36.4 Å². The van der Waals surface area contributed by atoms with E-state index >= 15 is 0 Å². The normalized spacial score (nSPS) is 31.7. The van der Waals surface area contributed by atoms with Crippen molar-refractivity contribution in [2.24, 2.45) is 11.8 Å². The van der Waals surface area contributed by atoms with Gasteiger partial charge in [0, 0.05) is 0 Å². The number of ether oxygens (including phenoxy) is 1. The zero-order valence-corrected chi connectivity index (χ0v) is 11.6. The number of imide groups is 1. The Kier molecular flexibility index (Phi) is 2.87. The van der Waals surface area contributed by atoms with Gasteiger partial charge in [-0.1, -0.05) is 42.5 Å². The van der Waals surface area contributed by atoms with Gasteiger partial charge < -0.3 is 4.74 Å². The highest BCUT2D eigenvalue weighted by molar-refractivity contribution is 6.07. The number of benzene rings is 1. The number of nitrogens with zero attached hydrogens (tertiary/aromatic N) is 1. The van der Waals surface area contributed by atoms with E-state index in [0.717, 1.165) is 10.6 Å². The molecule has 2 fully saturated rings. The molecule has 6 heteroatoms. The fraction of sp³-hybridized carbons (Fsp3) is 0.312. The van der Waals surface area contributed by atoms with Crippen LogP contribution in [0.5, 0.6) is 0 Å². The fourth-order valence-electron chi connectivity index (χ4n) is 3.36. The molecule has 22 heavy (non-hydrogen) atoms. The van der Waals surface area contributed by atoms with Crippen LogP contribution in [0.4, 0.5) is 0 Å². The van der Waals surface area contributed by atoms with Gasteiger partial charge in [-0.25, -0.2) is 0 Å². The van der Waals surface area contributed by atoms with E-state index in [0.29, 0.717) is 0 Å². The minimum Gasteiger partial charge on any atom is -0.365 e. The number of carbonyl (C=O) groups is 3. The molecule has 2 bridgehead atoms. The van der Waals surface area contributed by atoms with Gasteiger partial charge >= 0.3 is 0 Å². The van der Waals surface area contributed by atoms with Crippen molar-refractivity contribution < 1.29 is 19.1 Å². The first kappa shape index (κ1) is 13.2. The van der Waals surface area contributed by atoms with Gasteiger partial charge in [-0.05, 0) is 5.56 Å². The van der Waals surface area contributed by atoms with Crippen LogP contribution in [0.15, 0.2) is 42.5 Å². The Morgan fingerprint density at radius 1 is 1.05 bits per heavy atom. The third kappa shape index (κ3) is 1.88. The Balaban J connectivity index is 1.47. The molecule has 3 aliphatic rings. The Morgan fingerprint density at radius 2 is 1.64 bits per heavy atom. The van der Waals surface area contributed by atoms with Crippen LogP contribution >= 0.6 is 0 Å². The standard InChI is InChI=1S/C16H14N2O4/c19-12(8-9-4-2-1-3-5-9)17-18-15(20)13-10-6-7-11(22-10)14(13)16(18)21/h1-7,10-11,13-14H,8H2,(H,17,19)/t10-,11+,13+,14-. The van der Waals surface area contributed by atoms with Gasteiger partial charge in [-0.3, -0.25) is 19.8 Å². The van der Waals surface area contributed by atoms with Crippen LogP contribution in [0.1, 0.15) is 5.56 Å². The molecule has 6 nitrogen and oxygen atoms in total. The van der Waals surface area contributed by atoms with E-state index in [2.05, 4.69) is 5.43 Å². The smallest absolute Gasteiger partial charge is 0.255 e. The molecule has 112 valence electrons. The Hall–Kier alpha value is -2.47. The predicted molar refractivity (Wildman–Crippen MR) is 74.9 cm³/mol. The van der Waals surface area contributed by atoms with E-state index in [4.69, 9.17) is 4.74 Å². The number of carbonyl (C=O) groups excluding carboxylic acids is 3. The van der Waals surface area contributed by atoms with Gasteiger partial charge in [0.05, 0.1) is 30.5 Å². The second-order valence-electron chi connectivity index (χ2n) is 5.71. The lowest BCUT2D eigenvalue weighted by Crippen LogP contribution is -2.48. The summed E-state index contributed by atoms with van der Waals surface area (Å²) in [6.07, 6.45) is 3.05. The second kappa shape index (κ2) is 4.78. The largest absolute Gasteiger partial charge is 0.365 e. The van der Waals surface area contributed by atoms with Crippen LogP contribution in [-0.4, -0.2) is 34.9 Å². The van der Waals surface area contributed by atoms with Crippen molar-refractivity contribution >= 4 is 17.7 Å². The van der Waals surface area contributed by atoms with Crippen LogP contribution in [-0.2, 0) is 25.5 Å². The van der Waals surface area contributed by atoms with Crippen molar-refractivity contribution in [3.05, 3.63) is 48.0 Å². The van der Waals surface area contributed by atoms with Crippen LogP contribution in [0, 0.1) is 11.8 Å². The summed E-state index contributed by atoms with van der Waals surface area (Å²) in [5.41, 5.74) is 3.26. The van der Waals surface area contributed by atoms with Gasteiger partial charge in [0.15, 0.2) is 0 Å². The van der Waals surface area contributed by atoms with Crippen molar-refractivity contribution in [1.82, 2.24) is 10.4 Å². The average Bonchev–Trinajstić information content (AvgIpc) is 3.18. The highest BCUT2D eigenvalue weighted by atomic mass is 16.5. The topological polar surface area (TPSA) is 75.7 Å². The molecular weight excluding hydrogens is 284 g/mol. The number of rotatable bonds is 3. The molecule has 0 unspecified atom stereocenters. The Labute approximate surface area is 126 Å². The number of hydrazine groups is 1. The summed E-state index contributed by atoms with van der Waals surface area (Å²) in [5, 5.41) is 0.871. The molecule has 0 aliphatic carbocycles. The van der Waals surface area contributed by atoms with Crippen molar-refractivity contribution in [1.29, 1.82) is 0 Å². The summed E-state index contributed by atoms with van der Waals surface area (Å²) in [5.74, 6) is -2.14. The second-order valence-corrected chi connectivity index (χ2v) is 5.71. The lowest BCUT2D eigenvalue weighted by atomic mass is 9.85. The van der Waals surface area contributed by atoms with E-state index in [1.807, 2.05) is 42.5 Å². The first-order chi connectivity index (χ1) is 10.6. The highest BCUT2D eigenvalue weighted by Gasteiger charge is 2.61. The van der Waals surface area contributed by atoms with E-state index < -0.39 is 11.8 Å². The summed E-state index contributed by atoms with van der Waals surface area (Å²) >= 11 is 0. The molecule has 1 N–H and O–H groups in total. The third-order valence-electron chi connectivity index (χ3n) is 4.35. The maximum absolute atomic E-state index is 12.4. The maximum atomic E-state index is 12.4. The van der Waals surface area contributed by atoms with Gasteiger partial charge in [0.25, 0.3) is 11.8 Å². The number of fused-ring (bicyclic) bond motifs is 5. The summed E-state index contributed by atoms with van der Waals surface area (Å²) in [6, 6.07) is 9.17. The van der Waals surface area contributed by atoms with Gasteiger partial charge in [-0.15, -0.1) is 0 Å². The molecule has 2 saturated heterocycles. The van der Waals surface area contributed by atoms with Crippen LogP contribution < -0.4 is 5.43 Å². The average molecular weight is 298 g/mol. The monoisotopic (exact) mass is 298 g/mol. The number of nitrogens with one attached hydrogen (secondary N) is 1. The number of hydrogen-bond acceptors (Lipinski definition) is 4. The molecule has 4 rings (SSSR count). The summed E-state index contributed by atoms with van der Waals surface area (Å²) in [7, 11) is 0. The summed E-state index contributed by atoms with van der Waals surface area (Å²) in [6.45, 7) is 0. The minimum atomic E-state index is -0.500. The molecule has 4 atom stereocenters. The fourth-order valence-corrected chi connectivity index (χ4v) is 3.36. The lowest BCUT2D eigenvalue weighted by molar-refractivity contribution is -0.151. The molecule has 3 amide bonds. The maximum Gasteiger partial charge on any atom is 0.255 e. The number of amides is 3. The van der Waals surface area contributed by atoms with E-state index in [1.165, 1.54) is 0 Å². The first-order valence-electron chi connectivity index (χ1n) is 7.20. The Morgan fingerprint density at radius 3 is 2.23 bits per heavy atom. The van der Waals surface area contributed by atoms with E-state index in [9.17, 15) is 14.4 Å². The van der Waals surface area contributed by atoms with Gasteiger partial charge in [0.1, 0.15) is 0 Å². The SMILES string of the molecule is O=C(Cc1ccccc1)NN1C(=O)[C@@H]2[C@H](C1=O)[C@@H]1C=C[C@H]2O1. The van der Waals surface area contributed by atoms with Crippen LogP contribution in [0.3, 0.4) is 0 Å². The Bertz CT molecular complexity index is 655. The lowest BCUT2D eigenvalue weighted by Gasteiger charge is -2.18. The summed E-state index contributed by atoms with van der Waals surface area (Å²) in [4.78, 5) is 36.8. The van der Waals surface area contributed by atoms with Gasteiger partial charge in [-0.2, -0.15) is 5.01 Å². The van der Waals surface area contributed by atoms with E-state index in [1.54, 1.807) is 0 Å². The first-order valence-corrected chi connectivity index (χ1v) is 7.20. The zero-order chi connectivity index (χ0) is 15.3. The molecule has 1 aromatic carbocycles. The third-order valence-corrected chi connectivity index (χ3v) is 4.35. The van der Waals surface area contributed by atoms with Crippen molar-refractivity contribution in [3.8, 4) is 0 Å². The van der Waals surface area contributed by atoms with Crippen molar-refractivity contribution in [3.63, 3.8) is 0 Å². The minimum absolute atomic E-state index is 0.120. The van der Waals surface area contributed by atoms with Crippen LogP contribution in [0.25, 0.3) is 0 Å². The molecule has 0 radical (unpaired) electrons. The molecule has 0 spiro atoms. The summed E-state index contributed by atoms with van der Waals surface area (Å²) < 4.78 is 5.54.